The van der Waals surface area contributed by atoms with Gasteiger partial charge in [-0.2, -0.15) is 0 Å². The highest BCUT2D eigenvalue weighted by Gasteiger charge is 2.19. The summed E-state index contributed by atoms with van der Waals surface area (Å²) in [6.45, 7) is 4.46. The molecule has 1 aromatic carbocycles. The first-order valence-electron chi connectivity index (χ1n) is 6.77. The van der Waals surface area contributed by atoms with Crippen LogP contribution < -0.4 is 10.0 Å². The summed E-state index contributed by atoms with van der Waals surface area (Å²) in [6, 6.07) is 6.63. The van der Waals surface area contributed by atoms with Crippen LogP contribution in [0.15, 0.2) is 29.2 Å². The van der Waals surface area contributed by atoms with E-state index in [-0.39, 0.29) is 17.0 Å². The van der Waals surface area contributed by atoms with Gasteiger partial charge in [-0.25, -0.2) is 13.1 Å². The molecule has 6 nitrogen and oxygen atoms in total. The van der Waals surface area contributed by atoms with Gasteiger partial charge in [0, 0.05) is 26.8 Å². The number of para-hydroxylation sites is 1. The third-order valence-corrected chi connectivity index (χ3v) is 4.49. The van der Waals surface area contributed by atoms with E-state index >= 15 is 0 Å². The van der Waals surface area contributed by atoms with E-state index in [2.05, 4.69) is 10.0 Å². The number of hydrogen-bond acceptors (Lipinski definition) is 5. The Morgan fingerprint density at radius 2 is 1.86 bits per heavy atom. The molecule has 0 saturated carbocycles. The molecule has 0 radical (unpaired) electrons. The van der Waals surface area contributed by atoms with E-state index in [0.29, 0.717) is 18.8 Å². The number of hydrogen-bond donors (Lipinski definition) is 2. The number of benzene rings is 1. The topological polar surface area (TPSA) is 76.7 Å². The maximum Gasteiger partial charge on any atom is 0.242 e. The predicted molar refractivity (Wildman–Crippen MR) is 83.1 cm³/mol. The lowest BCUT2D eigenvalue weighted by Gasteiger charge is -2.18. The predicted octanol–water partition coefficient (Wildman–Crippen LogP) is 1.45. The minimum absolute atomic E-state index is 0.149. The molecule has 120 valence electrons. The zero-order valence-corrected chi connectivity index (χ0v) is 13.7. The summed E-state index contributed by atoms with van der Waals surface area (Å²) in [7, 11) is -0.356. The highest BCUT2D eigenvalue weighted by Crippen LogP contribution is 2.21. The van der Waals surface area contributed by atoms with Crippen molar-refractivity contribution < 1.29 is 17.9 Å². The van der Waals surface area contributed by atoms with Gasteiger partial charge in [0.2, 0.25) is 10.0 Å². The van der Waals surface area contributed by atoms with E-state index in [1.165, 1.54) is 0 Å². The Labute approximate surface area is 126 Å². The fourth-order valence-electron chi connectivity index (χ4n) is 1.84. The molecular formula is C14H24N2O4S. The average Bonchev–Trinajstić information content (AvgIpc) is 2.42. The molecule has 0 amide bonds. The van der Waals surface area contributed by atoms with Crippen molar-refractivity contribution in [2.45, 2.75) is 30.9 Å². The fraction of sp³-hybridized carbons (Fsp3) is 0.571. The standard InChI is InChI=1S/C14H24N2O4S/c1-11(2)16-21(17,18)14-8-6-5-7-13(14)15-9-12(20-4)10-19-3/h5-8,11-12,15-16H,9-10H2,1-4H3. The lowest BCUT2D eigenvalue weighted by molar-refractivity contribution is 0.0365. The van der Waals surface area contributed by atoms with E-state index in [1.54, 1.807) is 52.3 Å². The quantitative estimate of drug-likeness (QED) is 0.721. The zero-order valence-electron chi connectivity index (χ0n) is 12.9. The highest BCUT2D eigenvalue weighted by molar-refractivity contribution is 7.89. The smallest absolute Gasteiger partial charge is 0.242 e. The molecule has 0 aliphatic carbocycles. The Morgan fingerprint density at radius 3 is 2.43 bits per heavy atom. The van der Waals surface area contributed by atoms with Crippen molar-refractivity contribution in [1.82, 2.24) is 4.72 Å². The highest BCUT2D eigenvalue weighted by atomic mass is 32.2. The van der Waals surface area contributed by atoms with Crippen molar-refractivity contribution in [2.75, 3.05) is 32.7 Å². The van der Waals surface area contributed by atoms with Crippen LogP contribution in [0.1, 0.15) is 13.8 Å². The summed E-state index contributed by atoms with van der Waals surface area (Å²) in [5, 5.41) is 3.10. The van der Waals surface area contributed by atoms with Crippen LogP contribution in [0, 0.1) is 0 Å². The molecule has 0 spiro atoms. The third kappa shape index (κ3) is 5.62. The summed E-state index contributed by atoms with van der Waals surface area (Å²) < 4.78 is 37.5. The number of nitrogens with one attached hydrogen (secondary N) is 2. The Balaban J connectivity index is 2.89. The number of anilines is 1. The minimum Gasteiger partial charge on any atom is -0.382 e. The van der Waals surface area contributed by atoms with Crippen LogP contribution in [-0.4, -0.2) is 47.9 Å². The molecule has 2 N–H and O–H groups in total. The van der Waals surface area contributed by atoms with Crippen LogP contribution in [0.25, 0.3) is 0 Å². The first-order chi connectivity index (χ1) is 9.90. The van der Waals surface area contributed by atoms with E-state index in [4.69, 9.17) is 9.47 Å². The molecule has 0 heterocycles. The fourth-order valence-corrected chi connectivity index (χ4v) is 3.28. The van der Waals surface area contributed by atoms with Gasteiger partial charge in [0.15, 0.2) is 0 Å². The van der Waals surface area contributed by atoms with Crippen molar-refractivity contribution in [3.05, 3.63) is 24.3 Å². The van der Waals surface area contributed by atoms with Gasteiger partial charge in [-0.3, -0.25) is 0 Å². The first-order valence-corrected chi connectivity index (χ1v) is 8.26. The van der Waals surface area contributed by atoms with Gasteiger partial charge in [-0.05, 0) is 26.0 Å². The lowest BCUT2D eigenvalue weighted by Crippen LogP contribution is -2.31. The van der Waals surface area contributed by atoms with Crippen molar-refractivity contribution in [1.29, 1.82) is 0 Å². The Bertz CT molecular complexity index is 532. The van der Waals surface area contributed by atoms with Gasteiger partial charge in [0.1, 0.15) is 4.90 Å². The molecule has 1 rings (SSSR count). The summed E-state index contributed by atoms with van der Waals surface area (Å²) in [5.74, 6) is 0. The van der Waals surface area contributed by atoms with Crippen LogP contribution in [0.2, 0.25) is 0 Å². The second-order valence-electron chi connectivity index (χ2n) is 4.97. The Hall–Kier alpha value is -1.15. The van der Waals surface area contributed by atoms with Crippen LogP contribution in [0.4, 0.5) is 5.69 Å². The van der Waals surface area contributed by atoms with Crippen molar-refractivity contribution in [2.24, 2.45) is 0 Å². The minimum atomic E-state index is -3.54. The van der Waals surface area contributed by atoms with E-state index < -0.39 is 10.0 Å². The van der Waals surface area contributed by atoms with Crippen LogP contribution >= 0.6 is 0 Å². The lowest BCUT2D eigenvalue weighted by atomic mass is 10.3. The van der Waals surface area contributed by atoms with Gasteiger partial charge in [-0.15, -0.1) is 0 Å². The summed E-state index contributed by atoms with van der Waals surface area (Å²) in [6.07, 6.45) is -0.149. The van der Waals surface area contributed by atoms with Gasteiger partial charge in [-0.1, -0.05) is 12.1 Å². The van der Waals surface area contributed by atoms with Crippen molar-refractivity contribution in [3.8, 4) is 0 Å². The average molecular weight is 316 g/mol. The molecule has 1 aromatic rings. The van der Waals surface area contributed by atoms with Gasteiger partial charge in [0.25, 0.3) is 0 Å². The molecule has 1 unspecified atom stereocenters. The first kappa shape index (κ1) is 17.9. The molecule has 0 fully saturated rings. The monoisotopic (exact) mass is 316 g/mol. The molecule has 21 heavy (non-hydrogen) atoms. The van der Waals surface area contributed by atoms with Gasteiger partial charge >= 0.3 is 0 Å². The van der Waals surface area contributed by atoms with E-state index in [0.717, 1.165) is 0 Å². The van der Waals surface area contributed by atoms with Gasteiger partial charge < -0.3 is 14.8 Å². The molecule has 0 aliphatic rings. The van der Waals surface area contributed by atoms with Crippen LogP contribution in [-0.2, 0) is 19.5 Å². The summed E-state index contributed by atoms with van der Waals surface area (Å²) in [4.78, 5) is 0.228. The molecule has 0 bridgehead atoms. The summed E-state index contributed by atoms with van der Waals surface area (Å²) >= 11 is 0. The second-order valence-corrected chi connectivity index (χ2v) is 6.65. The van der Waals surface area contributed by atoms with Crippen molar-refractivity contribution >= 4 is 15.7 Å². The maximum atomic E-state index is 12.3. The Kier molecular flexibility index (Phi) is 7.10. The number of ether oxygens (including phenoxy) is 2. The SMILES string of the molecule is COCC(CNc1ccccc1S(=O)(=O)NC(C)C)OC. The van der Waals surface area contributed by atoms with Gasteiger partial charge in [0.05, 0.1) is 18.4 Å². The molecule has 0 aromatic heterocycles. The van der Waals surface area contributed by atoms with Crippen molar-refractivity contribution in [3.63, 3.8) is 0 Å². The maximum absolute atomic E-state index is 12.3. The number of methoxy groups -OCH3 is 2. The molecule has 7 heteroatoms. The molecular weight excluding hydrogens is 292 g/mol. The third-order valence-electron chi connectivity index (χ3n) is 2.77. The van der Waals surface area contributed by atoms with E-state index in [1.807, 2.05) is 0 Å². The molecule has 1 atom stereocenters. The largest absolute Gasteiger partial charge is 0.382 e. The molecule has 0 aliphatic heterocycles. The Morgan fingerprint density at radius 1 is 1.19 bits per heavy atom. The van der Waals surface area contributed by atoms with E-state index in [9.17, 15) is 8.42 Å². The normalized spacial score (nSPS) is 13.4. The van der Waals surface area contributed by atoms with Crippen LogP contribution in [0.3, 0.4) is 0 Å². The number of sulfonamides is 1. The second kappa shape index (κ2) is 8.33. The molecule has 0 saturated heterocycles. The van der Waals surface area contributed by atoms with Crippen LogP contribution in [0.5, 0.6) is 0 Å². The summed E-state index contributed by atoms with van der Waals surface area (Å²) in [5.41, 5.74) is 0.545. The zero-order chi connectivity index (χ0) is 15.9. The number of rotatable bonds is 9.